The second kappa shape index (κ2) is 5.92. The van der Waals surface area contributed by atoms with Crippen molar-refractivity contribution in [3.63, 3.8) is 0 Å². The molecule has 2 rings (SSSR count). The molecule has 98 valence electrons. The molecule has 6 heteroatoms. The molecule has 0 saturated carbocycles. The summed E-state index contributed by atoms with van der Waals surface area (Å²) in [7, 11) is 1.53. The summed E-state index contributed by atoms with van der Waals surface area (Å²) in [6.45, 7) is 0.375. The van der Waals surface area contributed by atoms with Crippen molar-refractivity contribution < 1.29 is 9.53 Å². The molecule has 1 heterocycles. The largest absolute Gasteiger partial charge is 0.437 e. The van der Waals surface area contributed by atoms with Gasteiger partial charge >= 0.3 is 0 Å². The molecule has 2 aromatic rings. The third-order valence-electron chi connectivity index (χ3n) is 2.51. The Morgan fingerprint density at radius 3 is 2.68 bits per heavy atom. The first-order valence-electron chi connectivity index (χ1n) is 5.76. The van der Waals surface area contributed by atoms with E-state index in [1.807, 2.05) is 18.2 Å². The van der Waals surface area contributed by atoms with E-state index in [1.165, 1.54) is 7.05 Å². The van der Waals surface area contributed by atoms with Gasteiger partial charge in [0, 0.05) is 25.2 Å². The zero-order chi connectivity index (χ0) is 13.7. The van der Waals surface area contributed by atoms with Gasteiger partial charge in [-0.15, -0.1) is 10.2 Å². The van der Waals surface area contributed by atoms with Crippen LogP contribution in [0, 0.1) is 0 Å². The third kappa shape index (κ3) is 3.05. The molecule has 0 aliphatic rings. The molecule has 0 radical (unpaired) electrons. The van der Waals surface area contributed by atoms with Crippen LogP contribution in [0.5, 0.6) is 11.6 Å². The first-order chi connectivity index (χ1) is 9.24. The maximum Gasteiger partial charge on any atom is 0.271 e. The maximum absolute atomic E-state index is 11.3. The summed E-state index contributed by atoms with van der Waals surface area (Å²) >= 11 is 0. The Balaban J connectivity index is 2.17. The Hall–Kier alpha value is -2.47. The van der Waals surface area contributed by atoms with Crippen molar-refractivity contribution in [1.29, 1.82) is 0 Å². The van der Waals surface area contributed by atoms with Gasteiger partial charge in [0.25, 0.3) is 5.91 Å². The SMILES string of the molecule is CNC(=O)c1ccc(Oc2ccccc2CN)nn1. The van der Waals surface area contributed by atoms with E-state index in [0.29, 0.717) is 18.2 Å². The second-order valence-corrected chi connectivity index (χ2v) is 3.75. The number of nitrogens with zero attached hydrogens (tertiary/aromatic N) is 2. The van der Waals surface area contributed by atoms with Crippen molar-refractivity contribution in [2.45, 2.75) is 6.54 Å². The van der Waals surface area contributed by atoms with E-state index in [0.717, 1.165) is 5.56 Å². The number of aromatic nitrogens is 2. The van der Waals surface area contributed by atoms with Crippen molar-refractivity contribution in [3.8, 4) is 11.6 Å². The van der Waals surface area contributed by atoms with Gasteiger partial charge in [0.2, 0.25) is 5.88 Å². The first-order valence-corrected chi connectivity index (χ1v) is 5.76. The van der Waals surface area contributed by atoms with Gasteiger partial charge in [0.05, 0.1) is 0 Å². The Morgan fingerprint density at radius 1 is 1.26 bits per heavy atom. The normalized spacial score (nSPS) is 10.0. The fourth-order valence-corrected chi connectivity index (χ4v) is 1.51. The Kier molecular flexibility index (Phi) is 4.04. The molecule has 0 bridgehead atoms. The lowest BCUT2D eigenvalue weighted by Crippen LogP contribution is -2.19. The number of nitrogens with two attached hydrogens (primary N) is 1. The predicted molar refractivity (Wildman–Crippen MR) is 69.8 cm³/mol. The summed E-state index contributed by atoms with van der Waals surface area (Å²) in [5, 5.41) is 10.1. The standard InChI is InChI=1S/C13H14N4O2/c1-15-13(18)10-6-7-12(17-16-10)19-11-5-3-2-4-9(11)8-14/h2-7H,8,14H2,1H3,(H,15,18). The van der Waals surface area contributed by atoms with Gasteiger partial charge in [-0.3, -0.25) is 4.79 Å². The summed E-state index contributed by atoms with van der Waals surface area (Å²) in [4.78, 5) is 11.3. The molecule has 0 saturated heterocycles. The number of ether oxygens (including phenoxy) is 1. The van der Waals surface area contributed by atoms with Gasteiger partial charge in [-0.2, -0.15) is 0 Å². The number of carbonyl (C=O) groups is 1. The lowest BCUT2D eigenvalue weighted by molar-refractivity contribution is 0.0957. The number of benzene rings is 1. The molecule has 3 N–H and O–H groups in total. The summed E-state index contributed by atoms with van der Waals surface area (Å²) in [6, 6.07) is 10.5. The van der Waals surface area contributed by atoms with Gasteiger partial charge in [-0.1, -0.05) is 18.2 Å². The average Bonchev–Trinajstić information content (AvgIpc) is 2.48. The van der Waals surface area contributed by atoms with Crippen LogP contribution in [0.3, 0.4) is 0 Å². The minimum absolute atomic E-state index is 0.238. The second-order valence-electron chi connectivity index (χ2n) is 3.75. The zero-order valence-corrected chi connectivity index (χ0v) is 10.5. The highest BCUT2D eigenvalue weighted by Crippen LogP contribution is 2.22. The minimum atomic E-state index is -0.290. The van der Waals surface area contributed by atoms with Crippen LogP contribution in [0.4, 0.5) is 0 Å². The van der Waals surface area contributed by atoms with E-state index in [9.17, 15) is 4.79 Å². The van der Waals surface area contributed by atoms with Crippen LogP contribution in [0.25, 0.3) is 0 Å². The highest BCUT2D eigenvalue weighted by atomic mass is 16.5. The fourth-order valence-electron chi connectivity index (χ4n) is 1.51. The molecule has 0 atom stereocenters. The first kappa shape index (κ1) is 13.0. The summed E-state index contributed by atoms with van der Waals surface area (Å²) in [5.41, 5.74) is 6.73. The quantitative estimate of drug-likeness (QED) is 0.856. The van der Waals surface area contributed by atoms with Crippen LogP contribution in [-0.2, 0) is 6.54 Å². The van der Waals surface area contributed by atoms with E-state index in [4.69, 9.17) is 10.5 Å². The van der Waals surface area contributed by atoms with E-state index < -0.39 is 0 Å². The van der Waals surface area contributed by atoms with Crippen molar-refractivity contribution >= 4 is 5.91 Å². The predicted octanol–water partition coefficient (Wildman–Crippen LogP) is 1.09. The molecular weight excluding hydrogens is 244 g/mol. The number of hydrogen-bond acceptors (Lipinski definition) is 5. The van der Waals surface area contributed by atoms with Crippen LogP contribution >= 0.6 is 0 Å². The number of amides is 1. The van der Waals surface area contributed by atoms with Crippen LogP contribution < -0.4 is 15.8 Å². The number of hydrogen-bond donors (Lipinski definition) is 2. The van der Waals surface area contributed by atoms with Crippen LogP contribution in [0.15, 0.2) is 36.4 Å². The zero-order valence-electron chi connectivity index (χ0n) is 10.5. The molecule has 0 spiro atoms. The Morgan fingerprint density at radius 2 is 2.05 bits per heavy atom. The van der Waals surface area contributed by atoms with Gasteiger partial charge in [-0.05, 0) is 12.1 Å². The van der Waals surface area contributed by atoms with Crippen LogP contribution in [0.2, 0.25) is 0 Å². The summed E-state index contributed by atoms with van der Waals surface area (Å²) in [6.07, 6.45) is 0. The fraction of sp³-hybridized carbons (Fsp3) is 0.154. The topological polar surface area (TPSA) is 90.1 Å². The van der Waals surface area contributed by atoms with Crippen LogP contribution in [-0.4, -0.2) is 23.2 Å². The van der Waals surface area contributed by atoms with Gasteiger partial charge in [0.15, 0.2) is 5.69 Å². The molecule has 0 fully saturated rings. The molecule has 1 amide bonds. The third-order valence-corrected chi connectivity index (χ3v) is 2.51. The Labute approximate surface area is 110 Å². The van der Waals surface area contributed by atoms with Crippen molar-refractivity contribution in [1.82, 2.24) is 15.5 Å². The number of para-hydroxylation sites is 1. The van der Waals surface area contributed by atoms with E-state index in [-0.39, 0.29) is 11.6 Å². The Bertz CT molecular complexity index is 569. The van der Waals surface area contributed by atoms with E-state index >= 15 is 0 Å². The molecular formula is C13H14N4O2. The van der Waals surface area contributed by atoms with Gasteiger partial charge in [0.1, 0.15) is 5.75 Å². The molecule has 0 aliphatic heterocycles. The van der Waals surface area contributed by atoms with Crippen LogP contribution in [0.1, 0.15) is 16.1 Å². The number of rotatable bonds is 4. The summed E-state index contributed by atoms with van der Waals surface area (Å²) in [5.74, 6) is 0.655. The monoisotopic (exact) mass is 258 g/mol. The minimum Gasteiger partial charge on any atom is -0.437 e. The molecule has 6 nitrogen and oxygen atoms in total. The molecule has 1 aromatic heterocycles. The smallest absolute Gasteiger partial charge is 0.271 e. The summed E-state index contributed by atoms with van der Waals surface area (Å²) < 4.78 is 5.58. The molecule has 0 aliphatic carbocycles. The molecule has 19 heavy (non-hydrogen) atoms. The van der Waals surface area contributed by atoms with E-state index in [2.05, 4.69) is 15.5 Å². The number of nitrogens with one attached hydrogen (secondary N) is 1. The van der Waals surface area contributed by atoms with Crippen molar-refractivity contribution in [2.75, 3.05) is 7.05 Å². The number of carbonyl (C=O) groups excluding carboxylic acids is 1. The van der Waals surface area contributed by atoms with Crippen molar-refractivity contribution in [2.24, 2.45) is 5.73 Å². The maximum atomic E-state index is 11.3. The molecule has 1 aromatic carbocycles. The lowest BCUT2D eigenvalue weighted by atomic mass is 10.2. The van der Waals surface area contributed by atoms with Gasteiger partial charge < -0.3 is 15.8 Å². The van der Waals surface area contributed by atoms with E-state index in [1.54, 1.807) is 18.2 Å². The highest BCUT2D eigenvalue weighted by molar-refractivity contribution is 5.91. The lowest BCUT2D eigenvalue weighted by Gasteiger charge is -2.08. The highest BCUT2D eigenvalue weighted by Gasteiger charge is 2.08. The molecule has 0 unspecified atom stereocenters. The average molecular weight is 258 g/mol. The van der Waals surface area contributed by atoms with Gasteiger partial charge in [-0.25, -0.2) is 0 Å². The van der Waals surface area contributed by atoms with Crippen molar-refractivity contribution in [3.05, 3.63) is 47.7 Å².